The van der Waals surface area contributed by atoms with E-state index in [2.05, 4.69) is 5.32 Å². The van der Waals surface area contributed by atoms with E-state index in [0.717, 1.165) is 12.8 Å². The molecule has 2 rings (SSSR count). The molecule has 0 aliphatic heterocycles. The van der Waals surface area contributed by atoms with Gasteiger partial charge >= 0.3 is 5.97 Å². The Hall–Kier alpha value is -2.31. The summed E-state index contributed by atoms with van der Waals surface area (Å²) in [5.41, 5.74) is 0.392. The van der Waals surface area contributed by atoms with Crippen LogP contribution in [0.15, 0.2) is 23.0 Å². The first-order valence-corrected chi connectivity index (χ1v) is 6.86. The van der Waals surface area contributed by atoms with Crippen LogP contribution in [0.2, 0.25) is 0 Å². The maximum absolute atomic E-state index is 12.0. The van der Waals surface area contributed by atoms with E-state index in [0.29, 0.717) is 18.0 Å². The average Bonchev–Trinajstić information content (AvgIpc) is 3.07. The highest BCUT2D eigenvalue weighted by atomic mass is 16.4. The minimum atomic E-state index is -1.02. The number of furan rings is 1. The van der Waals surface area contributed by atoms with Gasteiger partial charge in [0.1, 0.15) is 12.8 Å². The zero-order valence-corrected chi connectivity index (χ0v) is 11.6. The summed E-state index contributed by atoms with van der Waals surface area (Å²) in [5.74, 6) is -1.17. The molecule has 1 aromatic rings. The number of aliphatic carboxylic acids is 1. The molecule has 21 heavy (non-hydrogen) atoms. The van der Waals surface area contributed by atoms with E-state index in [4.69, 9.17) is 9.52 Å². The summed E-state index contributed by atoms with van der Waals surface area (Å²) < 4.78 is 4.79. The summed E-state index contributed by atoms with van der Waals surface area (Å²) in [6.07, 6.45) is 4.89. The molecule has 1 heterocycles. The minimum Gasteiger partial charge on any atom is -0.480 e. The zero-order chi connectivity index (χ0) is 15.2. The van der Waals surface area contributed by atoms with Crippen LogP contribution in [0.3, 0.4) is 0 Å². The highest BCUT2D eigenvalue weighted by molar-refractivity contribution is 5.94. The van der Waals surface area contributed by atoms with Gasteiger partial charge in [-0.1, -0.05) is 0 Å². The molecule has 2 N–H and O–H groups in total. The molecule has 2 amide bonds. The molecular weight excluding hydrogens is 276 g/mol. The van der Waals surface area contributed by atoms with Crippen LogP contribution in [0.5, 0.6) is 0 Å². The Labute approximate surface area is 121 Å². The molecule has 1 aromatic heterocycles. The number of carboxylic acids is 1. The van der Waals surface area contributed by atoms with Gasteiger partial charge in [-0.2, -0.15) is 0 Å². The van der Waals surface area contributed by atoms with Crippen LogP contribution < -0.4 is 5.32 Å². The first-order chi connectivity index (χ1) is 10.1. The van der Waals surface area contributed by atoms with Gasteiger partial charge in [-0.15, -0.1) is 0 Å². The van der Waals surface area contributed by atoms with Gasteiger partial charge in [-0.3, -0.25) is 14.4 Å². The monoisotopic (exact) mass is 294 g/mol. The predicted molar refractivity (Wildman–Crippen MR) is 72.6 cm³/mol. The molecule has 0 saturated heterocycles. The van der Waals surface area contributed by atoms with Crippen LogP contribution in [0.4, 0.5) is 0 Å². The molecule has 0 atom stereocenters. The average molecular weight is 294 g/mol. The van der Waals surface area contributed by atoms with Crippen molar-refractivity contribution in [1.82, 2.24) is 10.2 Å². The lowest BCUT2D eigenvalue weighted by molar-refractivity contribution is -0.144. The van der Waals surface area contributed by atoms with Gasteiger partial charge in [-0.05, 0) is 24.8 Å². The molecule has 7 nitrogen and oxygen atoms in total. The summed E-state index contributed by atoms with van der Waals surface area (Å²) in [6.45, 7) is 0.370. The van der Waals surface area contributed by atoms with Crippen molar-refractivity contribution in [3.05, 3.63) is 24.2 Å². The lowest BCUT2D eigenvalue weighted by atomic mass is 10.3. The van der Waals surface area contributed by atoms with E-state index in [9.17, 15) is 14.4 Å². The van der Waals surface area contributed by atoms with E-state index in [1.54, 1.807) is 0 Å². The quantitative estimate of drug-likeness (QED) is 0.736. The second-order valence-corrected chi connectivity index (χ2v) is 5.13. The van der Waals surface area contributed by atoms with Crippen LogP contribution in [-0.2, 0) is 9.59 Å². The van der Waals surface area contributed by atoms with Gasteiger partial charge < -0.3 is 19.7 Å². The number of rotatable bonds is 8. The van der Waals surface area contributed by atoms with Crippen molar-refractivity contribution in [1.29, 1.82) is 0 Å². The molecule has 1 saturated carbocycles. The Balaban J connectivity index is 1.75. The molecule has 1 fully saturated rings. The number of hydrogen-bond donors (Lipinski definition) is 2. The Bertz CT molecular complexity index is 507. The van der Waals surface area contributed by atoms with Crippen molar-refractivity contribution in [2.24, 2.45) is 5.92 Å². The van der Waals surface area contributed by atoms with Crippen LogP contribution >= 0.6 is 0 Å². The zero-order valence-electron chi connectivity index (χ0n) is 11.6. The molecule has 114 valence electrons. The van der Waals surface area contributed by atoms with Crippen molar-refractivity contribution >= 4 is 17.8 Å². The maximum Gasteiger partial charge on any atom is 0.323 e. The smallest absolute Gasteiger partial charge is 0.323 e. The highest BCUT2D eigenvalue weighted by Gasteiger charge is 2.27. The fraction of sp³-hybridized carbons (Fsp3) is 0.500. The fourth-order valence-corrected chi connectivity index (χ4v) is 1.97. The minimum absolute atomic E-state index is 0.0869. The summed E-state index contributed by atoms with van der Waals surface area (Å²) in [5, 5.41) is 11.4. The third-order valence-corrected chi connectivity index (χ3v) is 3.26. The van der Waals surface area contributed by atoms with E-state index in [1.807, 2.05) is 0 Å². The Morgan fingerprint density at radius 2 is 2.14 bits per heavy atom. The van der Waals surface area contributed by atoms with Crippen molar-refractivity contribution in [3.8, 4) is 0 Å². The van der Waals surface area contributed by atoms with Gasteiger partial charge in [0.2, 0.25) is 5.91 Å². The number of hydrogen-bond acceptors (Lipinski definition) is 4. The number of amides is 2. The van der Waals surface area contributed by atoms with Crippen molar-refractivity contribution in [3.63, 3.8) is 0 Å². The summed E-state index contributed by atoms with van der Waals surface area (Å²) in [6, 6.07) is 1.53. The summed E-state index contributed by atoms with van der Waals surface area (Å²) in [4.78, 5) is 35.8. The van der Waals surface area contributed by atoms with Crippen LogP contribution in [0, 0.1) is 5.92 Å². The number of carbonyl (C=O) groups excluding carboxylic acids is 2. The second-order valence-electron chi connectivity index (χ2n) is 5.13. The van der Waals surface area contributed by atoms with Gasteiger partial charge in [0.25, 0.3) is 5.91 Å². The Kier molecular flexibility index (Phi) is 4.97. The van der Waals surface area contributed by atoms with Crippen LogP contribution in [-0.4, -0.2) is 47.4 Å². The lowest BCUT2D eigenvalue weighted by Gasteiger charge is -2.20. The molecular formula is C14H18N2O5. The molecule has 0 radical (unpaired) electrons. The molecule has 0 bridgehead atoms. The van der Waals surface area contributed by atoms with E-state index in [1.165, 1.54) is 23.5 Å². The fourth-order valence-electron chi connectivity index (χ4n) is 1.97. The number of carboxylic acid groups (broad SMARTS) is 1. The van der Waals surface area contributed by atoms with E-state index >= 15 is 0 Å². The highest BCUT2D eigenvalue weighted by Crippen LogP contribution is 2.29. The third-order valence-electron chi connectivity index (χ3n) is 3.26. The topological polar surface area (TPSA) is 99.9 Å². The SMILES string of the molecule is O=C(O)CN(CC1CC1)C(=O)CCNC(=O)c1ccoc1. The van der Waals surface area contributed by atoms with Crippen molar-refractivity contribution < 1.29 is 23.9 Å². The van der Waals surface area contributed by atoms with E-state index in [-0.39, 0.29) is 31.3 Å². The van der Waals surface area contributed by atoms with Gasteiger partial charge in [0, 0.05) is 19.5 Å². The number of nitrogens with one attached hydrogen (secondary N) is 1. The summed E-state index contributed by atoms with van der Waals surface area (Å²) >= 11 is 0. The Morgan fingerprint density at radius 1 is 1.38 bits per heavy atom. The molecule has 0 unspecified atom stereocenters. The van der Waals surface area contributed by atoms with Crippen LogP contribution in [0.25, 0.3) is 0 Å². The molecule has 1 aliphatic carbocycles. The molecule has 0 spiro atoms. The predicted octanol–water partition coefficient (Wildman–Crippen LogP) is 0.723. The van der Waals surface area contributed by atoms with Crippen LogP contribution in [0.1, 0.15) is 29.6 Å². The number of carbonyl (C=O) groups is 3. The van der Waals surface area contributed by atoms with Gasteiger partial charge in [-0.25, -0.2) is 0 Å². The Morgan fingerprint density at radius 3 is 2.71 bits per heavy atom. The third kappa shape index (κ3) is 4.94. The standard InChI is InChI=1S/C14H18N2O5/c17-12(16(8-13(18)19)7-10-1-2-10)3-5-15-14(20)11-4-6-21-9-11/h4,6,9-10H,1-3,5,7-8H2,(H,15,20)(H,18,19). The molecule has 0 aromatic carbocycles. The van der Waals surface area contributed by atoms with Crippen molar-refractivity contribution in [2.45, 2.75) is 19.3 Å². The summed E-state index contributed by atoms with van der Waals surface area (Å²) in [7, 11) is 0. The molecule has 1 aliphatic rings. The van der Waals surface area contributed by atoms with Crippen molar-refractivity contribution in [2.75, 3.05) is 19.6 Å². The lowest BCUT2D eigenvalue weighted by Crippen LogP contribution is -2.39. The maximum atomic E-state index is 12.0. The number of nitrogens with zero attached hydrogens (tertiary/aromatic N) is 1. The van der Waals surface area contributed by atoms with Gasteiger partial charge in [0.05, 0.1) is 11.8 Å². The largest absolute Gasteiger partial charge is 0.480 e. The normalized spacial score (nSPS) is 13.7. The second kappa shape index (κ2) is 6.92. The molecule has 7 heteroatoms. The van der Waals surface area contributed by atoms with Gasteiger partial charge in [0.15, 0.2) is 0 Å². The first-order valence-electron chi connectivity index (χ1n) is 6.86. The first kappa shape index (κ1) is 15.1. The van der Waals surface area contributed by atoms with E-state index < -0.39 is 5.97 Å².